The molecule has 3 rings (SSSR count). The molecular weight excluding hydrogens is 473 g/mol. The van der Waals surface area contributed by atoms with Crippen LogP contribution < -0.4 is 9.47 Å². The summed E-state index contributed by atoms with van der Waals surface area (Å²) in [5.74, 6) is 0.674. The Hall–Kier alpha value is -1.44. The zero-order valence-electron chi connectivity index (χ0n) is 15.5. The lowest BCUT2D eigenvalue weighted by Gasteiger charge is -2.15. The second-order valence-electron chi connectivity index (χ2n) is 5.95. The van der Waals surface area contributed by atoms with E-state index in [0.29, 0.717) is 53.5 Å². The number of amides is 1. The summed E-state index contributed by atoms with van der Waals surface area (Å²) in [6.07, 6.45) is 1.73. The van der Waals surface area contributed by atoms with E-state index in [1.54, 1.807) is 41.3 Å². The zero-order chi connectivity index (χ0) is 21.1. The van der Waals surface area contributed by atoms with E-state index in [4.69, 9.17) is 56.5 Å². The van der Waals surface area contributed by atoms with E-state index in [1.165, 1.54) is 18.9 Å². The number of thioether (sulfide) groups is 1. The van der Waals surface area contributed by atoms with E-state index in [9.17, 15) is 4.79 Å². The van der Waals surface area contributed by atoms with Crippen LogP contribution in [-0.2, 0) is 11.4 Å². The van der Waals surface area contributed by atoms with Crippen molar-refractivity contribution in [2.45, 2.75) is 13.5 Å². The second-order valence-corrected chi connectivity index (χ2v) is 8.85. The molecule has 152 valence electrons. The van der Waals surface area contributed by atoms with Crippen LogP contribution >= 0.6 is 58.8 Å². The molecule has 1 aliphatic rings. The molecule has 1 aliphatic heterocycles. The van der Waals surface area contributed by atoms with Gasteiger partial charge in [-0.25, -0.2) is 0 Å². The Morgan fingerprint density at radius 3 is 2.45 bits per heavy atom. The van der Waals surface area contributed by atoms with Crippen molar-refractivity contribution in [2.75, 3.05) is 13.7 Å². The number of hydrogen-bond acceptors (Lipinski definition) is 5. The van der Waals surface area contributed by atoms with Crippen molar-refractivity contribution < 1.29 is 14.3 Å². The number of halogens is 3. The highest BCUT2D eigenvalue weighted by Gasteiger charge is 2.30. The van der Waals surface area contributed by atoms with Crippen LogP contribution in [0.4, 0.5) is 0 Å². The molecule has 0 spiro atoms. The van der Waals surface area contributed by atoms with Gasteiger partial charge in [0.05, 0.1) is 17.0 Å². The maximum absolute atomic E-state index is 12.4. The van der Waals surface area contributed by atoms with Gasteiger partial charge in [0.1, 0.15) is 10.9 Å². The Kier molecular flexibility index (Phi) is 7.35. The SMILES string of the molecule is CCN1C(=O)C(=Cc2cc(Cl)c(OCc3c(Cl)cccc3Cl)c(OC)c2)SC1=S. The molecule has 0 N–H and O–H groups in total. The van der Waals surface area contributed by atoms with Gasteiger partial charge in [-0.15, -0.1) is 0 Å². The molecule has 2 aromatic carbocycles. The average molecular weight is 489 g/mol. The second kappa shape index (κ2) is 9.58. The molecule has 4 nitrogen and oxygen atoms in total. The van der Waals surface area contributed by atoms with Crippen molar-refractivity contribution in [3.05, 3.63) is 61.4 Å². The van der Waals surface area contributed by atoms with E-state index in [1.807, 2.05) is 6.92 Å². The first-order chi connectivity index (χ1) is 13.8. The average Bonchev–Trinajstić information content (AvgIpc) is 2.94. The molecule has 29 heavy (non-hydrogen) atoms. The Morgan fingerprint density at radius 1 is 1.17 bits per heavy atom. The molecule has 0 radical (unpaired) electrons. The quantitative estimate of drug-likeness (QED) is 0.345. The van der Waals surface area contributed by atoms with Gasteiger partial charge in [-0.1, -0.05) is 64.8 Å². The summed E-state index contributed by atoms with van der Waals surface area (Å²) in [5.41, 5.74) is 1.35. The molecular formula is C20H16Cl3NO3S2. The van der Waals surface area contributed by atoms with Crippen molar-refractivity contribution in [2.24, 2.45) is 0 Å². The molecule has 1 saturated heterocycles. The topological polar surface area (TPSA) is 38.8 Å². The predicted molar refractivity (Wildman–Crippen MR) is 124 cm³/mol. The molecule has 0 atom stereocenters. The van der Waals surface area contributed by atoms with Gasteiger partial charge in [0, 0.05) is 22.2 Å². The van der Waals surface area contributed by atoms with Gasteiger partial charge in [-0.2, -0.15) is 0 Å². The summed E-state index contributed by atoms with van der Waals surface area (Å²) in [6, 6.07) is 8.68. The van der Waals surface area contributed by atoms with Gasteiger partial charge in [0.15, 0.2) is 11.5 Å². The molecule has 1 amide bonds. The third-order valence-corrected chi connectivity index (χ3v) is 6.53. The van der Waals surface area contributed by atoms with Crippen molar-refractivity contribution in [1.29, 1.82) is 0 Å². The third-order valence-electron chi connectivity index (χ3n) is 4.16. The first kappa shape index (κ1) is 22.2. The number of carbonyl (C=O) groups is 1. The van der Waals surface area contributed by atoms with Gasteiger partial charge in [0.25, 0.3) is 5.91 Å². The van der Waals surface area contributed by atoms with E-state index in [0.717, 1.165) is 0 Å². The molecule has 2 aromatic rings. The summed E-state index contributed by atoms with van der Waals surface area (Å²) < 4.78 is 11.8. The van der Waals surface area contributed by atoms with Crippen LogP contribution in [0.1, 0.15) is 18.1 Å². The van der Waals surface area contributed by atoms with E-state index < -0.39 is 0 Å². The summed E-state index contributed by atoms with van der Waals surface area (Å²) in [6.45, 7) is 2.54. The molecule has 0 saturated carbocycles. The molecule has 0 aliphatic carbocycles. The van der Waals surface area contributed by atoms with Crippen molar-refractivity contribution in [1.82, 2.24) is 4.90 Å². The van der Waals surface area contributed by atoms with Crippen molar-refractivity contribution in [3.8, 4) is 11.5 Å². The van der Waals surface area contributed by atoms with E-state index in [-0.39, 0.29) is 12.5 Å². The fourth-order valence-electron chi connectivity index (χ4n) is 2.70. The number of methoxy groups -OCH3 is 1. The lowest BCUT2D eigenvalue weighted by molar-refractivity contribution is -0.121. The number of nitrogens with zero attached hydrogens (tertiary/aromatic N) is 1. The zero-order valence-corrected chi connectivity index (χ0v) is 19.4. The normalized spacial score (nSPS) is 15.3. The number of ether oxygens (including phenoxy) is 2. The fraction of sp³-hybridized carbons (Fsp3) is 0.200. The standard InChI is InChI=1S/C20H16Cl3NO3S2/c1-3-24-19(25)17(29-20(24)28)9-11-7-15(23)18(16(8-11)26-2)27-10-12-13(21)5-4-6-14(12)22/h4-9H,3,10H2,1-2H3. The van der Waals surface area contributed by atoms with E-state index in [2.05, 4.69) is 0 Å². The summed E-state index contributed by atoms with van der Waals surface area (Å²) in [4.78, 5) is 14.5. The van der Waals surface area contributed by atoms with Gasteiger partial charge >= 0.3 is 0 Å². The monoisotopic (exact) mass is 487 g/mol. The summed E-state index contributed by atoms with van der Waals surface area (Å²) in [7, 11) is 1.52. The number of likely N-dealkylation sites (N-methyl/N-ethyl adjacent to an activating group) is 1. The lowest BCUT2D eigenvalue weighted by Crippen LogP contribution is -2.27. The first-order valence-corrected chi connectivity index (χ1v) is 10.9. The minimum Gasteiger partial charge on any atom is -0.493 e. The largest absolute Gasteiger partial charge is 0.493 e. The molecule has 0 unspecified atom stereocenters. The van der Waals surface area contributed by atoms with Crippen LogP contribution in [0.3, 0.4) is 0 Å². The van der Waals surface area contributed by atoms with Crippen LogP contribution in [0.15, 0.2) is 35.2 Å². The molecule has 0 bridgehead atoms. The highest BCUT2D eigenvalue weighted by atomic mass is 35.5. The minimum absolute atomic E-state index is 0.119. The van der Waals surface area contributed by atoms with Crippen LogP contribution in [0, 0.1) is 0 Å². The molecule has 1 heterocycles. The summed E-state index contributed by atoms with van der Waals surface area (Å²) >= 11 is 25.3. The van der Waals surface area contributed by atoms with Gasteiger partial charge < -0.3 is 9.47 Å². The highest BCUT2D eigenvalue weighted by Crippen LogP contribution is 2.40. The minimum atomic E-state index is -0.119. The molecule has 9 heteroatoms. The van der Waals surface area contributed by atoms with Crippen LogP contribution in [0.25, 0.3) is 6.08 Å². The number of carbonyl (C=O) groups excluding carboxylic acids is 1. The Morgan fingerprint density at radius 2 is 1.86 bits per heavy atom. The third kappa shape index (κ3) is 4.84. The highest BCUT2D eigenvalue weighted by molar-refractivity contribution is 8.26. The Bertz CT molecular complexity index is 990. The molecule has 1 fully saturated rings. The Balaban J connectivity index is 1.88. The lowest BCUT2D eigenvalue weighted by atomic mass is 10.1. The van der Waals surface area contributed by atoms with Gasteiger partial charge in [-0.05, 0) is 42.8 Å². The van der Waals surface area contributed by atoms with Crippen LogP contribution in [0.5, 0.6) is 11.5 Å². The number of hydrogen-bond donors (Lipinski definition) is 0. The Labute approximate surface area is 193 Å². The van der Waals surface area contributed by atoms with Crippen LogP contribution in [-0.4, -0.2) is 28.8 Å². The maximum Gasteiger partial charge on any atom is 0.266 e. The number of benzene rings is 2. The smallest absolute Gasteiger partial charge is 0.266 e. The fourth-order valence-corrected chi connectivity index (χ4v) is 4.87. The number of rotatable bonds is 6. The van der Waals surface area contributed by atoms with E-state index >= 15 is 0 Å². The molecule has 0 aromatic heterocycles. The van der Waals surface area contributed by atoms with Crippen LogP contribution in [0.2, 0.25) is 15.1 Å². The first-order valence-electron chi connectivity index (χ1n) is 8.54. The van der Waals surface area contributed by atoms with Crippen molar-refractivity contribution >= 4 is 75.1 Å². The predicted octanol–water partition coefficient (Wildman–Crippen LogP) is 6.46. The van der Waals surface area contributed by atoms with Crippen molar-refractivity contribution in [3.63, 3.8) is 0 Å². The van der Waals surface area contributed by atoms with Gasteiger partial charge in [0.2, 0.25) is 0 Å². The maximum atomic E-state index is 12.4. The number of thiocarbonyl (C=S) groups is 1. The van der Waals surface area contributed by atoms with Gasteiger partial charge in [-0.3, -0.25) is 9.69 Å². The summed E-state index contributed by atoms with van der Waals surface area (Å²) in [5, 5.41) is 1.34.